The molecule has 202 valence electrons. The van der Waals surface area contributed by atoms with E-state index in [1.54, 1.807) is 13.8 Å². The number of hydrogen-bond acceptors (Lipinski definition) is 6. The van der Waals surface area contributed by atoms with E-state index in [2.05, 4.69) is 23.3 Å². The van der Waals surface area contributed by atoms with Crippen molar-refractivity contribution in [2.45, 2.75) is 130 Å². The van der Waals surface area contributed by atoms with Crippen molar-refractivity contribution >= 4 is 12.1 Å². The van der Waals surface area contributed by atoms with Crippen molar-refractivity contribution in [3.8, 4) is 0 Å². The minimum atomic E-state index is -1.41. The highest BCUT2D eigenvalue weighted by Crippen LogP contribution is 2.39. The Bertz CT molecular complexity index is 932. The number of hydrogen-bond donors (Lipinski definition) is 1. The van der Waals surface area contributed by atoms with Gasteiger partial charge in [-0.3, -0.25) is 4.98 Å². The average Bonchev–Trinajstić information content (AvgIpc) is 3.50. The van der Waals surface area contributed by atoms with E-state index in [-0.39, 0.29) is 12.3 Å². The van der Waals surface area contributed by atoms with Gasteiger partial charge in [-0.05, 0) is 76.0 Å². The number of aromatic nitrogens is 1. The lowest BCUT2D eigenvalue weighted by atomic mass is 9.83. The first kappa shape index (κ1) is 28.4. The van der Waals surface area contributed by atoms with Crippen LogP contribution < -0.4 is 5.32 Å². The highest BCUT2D eigenvalue weighted by molar-refractivity contribution is 5.84. The van der Waals surface area contributed by atoms with E-state index in [0.717, 1.165) is 30.0 Å². The fourth-order valence-corrected chi connectivity index (χ4v) is 4.95. The van der Waals surface area contributed by atoms with Crippen LogP contribution in [0.25, 0.3) is 0 Å². The summed E-state index contributed by atoms with van der Waals surface area (Å²) < 4.78 is 17.6. The van der Waals surface area contributed by atoms with Gasteiger partial charge in [0.25, 0.3) is 0 Å². The van der Waals surface area contributed by atoms with E-state index >= 15 is 0 Å². The predicted octanol–water partition coefficient (Wildman–Crippen LogP) is 6.04. The number of nitrogens with one attached hydrogen (secondary N) is 1. The molecule has 1 saturated carbocycles. The molecule has 1 aromatic heterocycles. The Morgan fingerprint density at radius 3 is 2.50 bits per heavy atom. The minimum absolute atomic E-state index is 0.190. The zero-order valence-corrected chi connectivity index (χ0v) is 23.5. The number of carbonyl (C=O) groups excluding carboxylic acids is 2. The summed E-state index contributed by atoms with van der Waals surface area (Å²) in [5.74, 6) is -0.459. The van der Waals surface area contributed by atoms with Crippen LogP contribution in [0.5, 0.6) is 0 Å². The first-order chi connectivity index (χ1) is 16.7. The van der Waals surface area contributed by atoms with Gasteiger partial charge in [0.1, 0.15) is 5.60 Å². The Kier molecular flexibility index (Phi) is 8.74. The molecule has 2 atom stereocenters. The third-order valence-corrected chi connectivity index (χ3v) is 6.79. The Balaban J connectivity index is 1.87. The standard InChI is InChI=1S/C29H46N2O5/c1-19(2)15-24(31-26(33)35-27(4,5)6)29(25(32)34-28(7,8)36-29)17-23-16-22(20(3)18-30-23)12-10-9-11-21-13-14-21/h16,18-19,21,24H,9-15,17H2,1-8H3,(H,31,33)/t24-,29+/m0/s1. The van der Waals surface area contributed by atoms with Gasteiger partial charge < -0.3 is 19.5 Å². The summed E-state index contributed by atoms with van der Waals surface area (Å²) >= 11 is 0. The number of pyridine rings is 1. The molecule has 0 radical (unpaired) electrons. The maximum atomic E-state index is 13.5. The molecule has 2 heterocycles. The molecular formula is C29H46N2O5. The number of aryl methyl sites for hydroxylation is 2. The molecule has 7 nitrogen and oxygen atoms in total. The van der Waals surface area contributed by atoms with Crippen LogP contribution in [0.3, 0.4) is 0 Å². The summed E-state index contributed by atoms with van der Waals surface area (Å²) in [6.45, 7) is 15.1. The number of rotatable bonds is 11. The molecule has 36 heavy (non-hydrogen) atoms. The van der Waals surface area contributed by atoms with E-state index < -0.39 is 35.1 Å². The largest absolute Gasteiger partial charge is 0.444 e. The second-order valence-corrected chi connectivity index (χ2v) is 12.6. The van der Waals surface area contributed by atoms with Crippen LogP contribution in [0.2, 0.25) is 0 Å². The fourth-order valence-electron chi connectivity index (χ4n) is 4.95. The molecule has 3 rings (SSSR count). The number of ether oxygens (including phenoxy) is 3. The van der Waals surface area contributed by atoms with Crippen LogP contribution >= 0.6 is 0 Å². The molecule has 1 aliphatic heterocycles. The third kappa shape index (κ3) is 7.92. The Hall–Kier alpha value is -2.15. The third-order valence-electron chi connectivity index (χ3n) is 6.79. The van der Waals surface area contributed by atoms with Crippen molar-refractivity contribution in [2.75, 3.05) is 0 Å². The van der Waals surface area contributed by atoms with Crippen molar-refractivity contribution in [2.24, 2.45) is 11.8 Å². The number of cyclic esters (lactones) is 1. The first-order valence-electron chi connectivity index (χ1n) is 13.6. The molecule has 0 aromatic carbocycles. The number of esters is 1. The lowest BCUT2D eigenvalue weighted by Crippen LogP contribution is -2.59. The zero-order chi connectivity index (χ0) is 26.7. The lowest BCUT2D eigenvalue weighted by Gasteiger charge is -2.36. The van der Waals surface area contributed by atoms with Gasteiger partial charge in [0.2, 0.25) is 5.79 Å². The topological polar surface area (TPSA) is 86.8 Å². The van der Waals surface area contributed by atoms with E-state index in [0.29, 0.717) is 6.42 Å². The number of nitrogens with zero attached hydrogens (tertiary/aromatic N) is 1. The van der Waals surface area contributed by atoms with Crippen molar-refractivity contribution < 1.29 is 23.8 Å². The molecule has 0 bridgehead atoms. The summed E-state index contributed by atoms with van der Waals surface area (Å²) in [5.41, 5.74) is 1.09. The maximum Gasteiger partial charge on any atom is 0.407 e. The quantitative estimate of drug-likeness (QED) is 0.293. The average molecular weight is 503 g/mol. The van der Waals surface area contributed by atoms with Crippen LogP contribution in [0.1, 0.15) is 104 Å². The van der Waals surface area contributed by atoms with E-state index in [4.69, 9.17) is 14.2 Å². The Labute approximate surface area is 217 Å². The molecule has 2 aliphatic rings. The van der Waals surface area contributed by atoms with Crippen LogP contribution in [0.15, 0.2) is 12.3 Å². The van der Waals surface area contributed by atoms with Crippen molar-refractivity contribution in [1.29, 1.82) is 0 Å². The van der Waals surface area contributed by atoms with Gasteiger partial charge in [0, 0.05) is 32.2 Å². The second kappa shape index (κ2) is 11.1. The second-order valence-electron chi connectivity index (χ2n) is 12.6. The van der Waals surface area contributed by atoms with Gasteiger partial charge in [-0.25, -0.2) is 9.59 Å². The minimum Gasteiger partial charge on any atom is -0.444 e. The van der Waals surface area contributed by atoms with E-state index in [1.165, 1.54) is 31.2 Å². The Morgan fingerprint density at radius 2 is 1.94 bits per heavy atom. The molecular weight excluding hydrogens is 456 g/mol. The number of amides is 1. The molecule has 1 aliphatic carbocycles. The summed E-state index contributed by atoms with van der Waals surface area (Å²) in [7, 11) is 0. The SMILES string of the molecule is Cc1cnc(C[C@]2([C@H](CC(C)C)NC(=O)OC(C)(C)C)OC(C)(C)OC2=O)cc1CCCCC1CC1. The zero-order valence-electron chi connectivity index (χ0n) is 23.5. The number of carbonyl (C=O) groups is 2. The normalized spacial score (nSPS) is 22.4. The van der Waals surface area contributed by atoms with E-state index in [1.807, 2.05) is 40.8 Å². The molecule has 1 N–H and O–H groups in total. The fraction of sp³-hybridized carbons (Fsp3) is 0.759. The van der Waals surface area contributed by atoms with Crippen LogP contribution in [-0.2, 0) is 31.8 Å². The predicted molar refractivity (Wildman–Crippen MR) is 140 cm³/mol. The van der Waals surface area contributed by atoms with Crippen LogP contribution in [-0.4, -0.2) is 40.1 Å². The van der Waals surface area contributed by atoms with Crippen LogP contribution in [0, 0.1) is 18.8 Å². The summed E-state index contributed by atoms with van der Waals surface area (Å²) in [6.07, 6.45) is 9.50. The summed E-state index contributed by atoms with van der Waals surface area (Å²) in [5, 5.41) is 2.95. The monoisotopic (exact) mass is 502 g/mol. The Morgan fingerprint density at radius 1 is 1.25 bits per heavy atom. The lowest BCUT2D eigenvalue weighted by molar-refractivity contribution is -0.170. The van der Waals surface area contributed by atoms with Gasteiger partial charge in [0.05, 0.1) is 6.04 Å². The molecule has 7 heteroatoms. The van der Waals surface area contributed by atoms with Gasteiger partial charge in [-0.1, -0.05) is 39.5 Å². The summed E-state index contributed by atoms with van der Waals surface area (Å²) in [4.78, 5) is 30.9. The van der Waals surface area contributed by atoms with E-state index in [9.17, 15) is 9.59 Å². The van der Waals surface area contributed by atoms with Gasteiger partial charge in [-0.15, -0.1) is 0 Å². The van der Waals surface area contributed by atoms with Crippen molar-refractivity contribution in [3.05, 3.63) is 29.1 Å². The molecule has 1 saturated heterocycles. The summed E-state index contributed by atoms with van der Waals surface area (Å²) in [6, 6.07) is 1.45. The molecule has 0 unspecified atom stereocenters. The molecule has 1 aromatic rings. The maximum absolute atomic E-state index is 13.5. The highest BCUT2D eigenvalue weighted by atomic mass is 16.8. The van der Waals surface area contributed by atoms with Gasteiger partial charge in [-0.2, -0.15) is 0 Å². The number of unbranched alkanes of at least 4 members (excludes halogenated alkanes) is 1. The smallest absolute Gasteiger partial charge is 0.407 e. The molecule has 1 amide bonds. The molecule has 0 spiro atoms. The number of alkyl carbamates (subject to hydrolysis) is 1. The highest BCUT2D eigenvalue weighted by Gasteiger charge is 2.59. The van der Waals surface area contributed by atoms with Crippen molar-refractivity contribution in [1.82, 2.24) is 10.3 Å². The van der Waals surface area contributed by atoms with Gasteiger partial charge in [0.15, 0.2) is 5.60 Å². The van der Waals surface area contributed by atoms with Gasteiger partial charge >= 0.3 is 12.1 Å². The van der Waals surface area contributed by atoms with Crippen molar-refractivity contribution in [3.63, 3.8) is 0 Å². The molecule has 2 fully saturated rings. The first-order valence-corrected chi connectivity index (χ1v) is 13.6. The van der Waals surface area contributed by atoms with Crippen LogP contribution in [0.4, 0.5) is 4.79 Å².